The third kappa shape index (κ3) is 4.89. The quantitative estimate of drug-likeness (QED) is 0.509. The molecule has 0 radical (unpaired) electrons. The Morgan fingerprint density at radius 2 is 2.03 bits per heavy atom. The van der Waals surface area contributed by atoms with Gasteiger partial charge in [0.15, 0.2) is 0 Å². The van der Waals surface area contributed by atoms with E-state index in [4.69, 9.17) is 0 Å². The molecule has 1 saturated heterocycles. The highest BCUT2D eigenvalue weighted by atomic mass is 32.2. The summed E-state index contributed by atoms with van der Waals surface area (Å²) in [6, 6.07) is 10.3. The molecule has 12 heteroatoms. The zero-order valence-corrected chi connectivity index (χ0v) is 18.4. The van der Waals surface area contributed by atoms with Crippen molar-refractivity contribution in [3.8, 4) is 0 Å². The Morgan fingerprint density at radius 3 is 2.80 bits per heavy atom. The van der Waals surface area contributed by atoms with Crippen molar-refractivity contribution in [3.05, 3.63) is 46.7 Å². The standard InChI is InChI=1S/C18H20N6O3S3/c25-17(13-29-18-20-21-22-24(18)12-15-6-4-10-28-15)19-14-5-3-7-16(11-14)30(26,27)23-8-1-2-9-23/h3-7,10-11H,1-2,8-9,12-13H2,(H,19,25). The van der Waals surface area contributed by atoms with Crippen molar-refractivity contribution in [2.24, 2.45) is 0 Å². The van der Waals surface area contributed by atoms with Crippen LogP contribution in [0.4, 0.5) is 5.69 Å². The fourth-order valence-corrected chi connectivity index (χ4v) is 6.01. The highest BCUT2D eigenvalue weighted by Crippen LogP contribution is 2.23. The maximum Gasteiger partial charge on any atom is 0.243 e. The Morgan fingerprint density at radius 1 is 1.20 bits per heavy atom. The third-order valence-corrected chi connectivity index (χ3v) is 8.25. The van der Waals surface area contributed by atoms with Gasteiger partial charge in [0.05, 0.1) is 17.2 Å². The van der Waals surface area contributed by atoms with Gasteiger partial charge in [-0.3, -0.25) is 4.79 Å². The molecule has 30 heavy (non-hydrogen) atoms. The highest BCUT2D eigenvalue weighted by Gasteiger charge is 2.27. The molecular weight excluding hydrogens is 444 g/mol. The zero-order valence-electron chi connectivity index (χ0n) is 16.0. The number of thiophene rings is 1. The SMILES string of the molecule is O=C(CSc1nnnn1Cc1cccs1)Nc1cccc(S(=O)(=O)N2CCCC2)c1. The predicted molar refractivity (Wildman–Crippen MR) is 115 cm³/mol. The number of carbonyl (C=O) groups excluding carboxylic acids is 1. The van der Waals surface area contributed by atoms with E-state index in [9.17, 15) is 13.2 Å². The van der Waals surface area contributed by atoms with Gasteiger partial charge in [-0.15, -0.1) is 16.4 Å². The summed E-state index contributed by atoms with van der Waals surface area (Å²) in [5.74, 6) is -0.158. The molecule has 9 nitrogen and oxygen atoms in total. The van der Waals surface area contributed by atoms with Gasteiger partial charge in [0.1, 0.15) is 0 Å². The molecule has 1 aliphatic rings. The number of rotatable bonds is 8. The Labute approximate surface area is 182 Å². The lowest BCUT2D eigenvalue weighted by Crippen LogP contribution is -2.28. The van der Waals surface area contributed by atoms with E-state index >= 15 is 0 Å². The molecule has 0 saturated carbocycles. The van der Waals surface area contributed by atoms with E-state index in [2.05, 4.69) is 20.8 Å². The molecule has 0 aliphatic carbocycles. The summed E-state index contributed by atoms with van der Waals surface area (Å²) in [6.07, 6.45) is 1.75. The molecule has 1 amide bonds. The molecule has 3 aromatic rings. The van der Waals surface area contributed by atoms with E-state index in [0.29, 0.717) is 30.5 Å². The second-order valence-corrected chi connectivity index (χ2v) is 10.6. The van der Waals surface area contributed by atoms with E-state index in [1.165, 1.54) is 22.1 Å². The topological polar surface area (TPSA) is 110 Å². The summed E-state index contributed by atoms with van der Waals surface area (Å²) in [5.41, 5.74) is 0.444. The number of nitrogens with zero attached hydrogens (tertiary/aromatic N) is 5. The average molecular weight is 465 g/mol. The first-order valence-corrected chi connectivity index (χ1v) is 12.6. The minimum Gasteiger partial charge on any atom is -0.325 e. The fourth-order valence-electron chi connectivity index (χ4n) is 3.09. The van der Waals surface area contributed by atoms with E-state index in [1.807, 2.05) is 17.5 Å². The molecular formula is C18H20N6O3S3. The lowest BCUT2D eigenvalue weighted by molar-refractivity contribution is -0.113. The molecule has 4 rings (SSSR count). The predicted octanol–water partition coefficient (Wildman–Crippen LogP) is 2.30. The Hall–Kier alpha value is -2.28. The number of anilines is 1. The molecule has 1 N–H and O–H groups in total. The van der Waals surface area contributed by atoms with Crippen molar-refractivity contribution in [2.45, 2.75) is 29.4 Å². The summed E-state index contributed by atoms with van der Waals surface area (Å²) in [4.78, 5) is 13.7. The van der Waals surface area contributed by atoms with Crippen LogP contribution in [0.1, 0.15) is 17.7 Å². The Balaban J connectivity index is 1.37. The van der Waals surface area contributed by atoms with Crippen molar-refractivity contribution in [3.63, 3.8) is 0 Å². The van der Waals surface area contributed by atoms with Gasteiger partial charge >= 0.3 is 0 Å². The van der Waals surface area contributed by atoms with Crippen LogP contribution < -0.4 is 5.32 Å². The number of aromatic nitrogens is 4. The van der Waals surface area contributed by atoms with Crippen molar-refractivity contribution >= 4 is 44.7 Å². The number of amides is 1. The molecule has 158 valence electrons. The summed E-state index contributed by atoms with van der Waals surface area (Å²) in [6.45, 7) is 1.62. The van der Waals surface area contributed by atoms with Crippen LogP contribution in [0, 0.1) is 0 Å². The van der Waals surface area contributed by atoms with Crippen LogP contribution in [0.25, 0.3) is 0 Å². The monoisotopic (exact) mass is 464 g/mol. The first-order chi connectivity index (χ1) is 14.5. The van der Waals surface area contributed by atoms with Gasteiger partial charge in [-0.05, 0) is 52.9 Å². The third-order valence-electron chi connectivity index (χ3n) is 4.54. The first kappa shape index (κ1) is 21.0. The number of carbonyl (C=O) groups is 1. The normalized spacial score (nSPS) is 14.8. The lowest BCUT2D eigenvalue weighted by Gasteiger charge is -2.16. The number of thioether (sulfide) groups is 1. The maximum absolute atomic E-state index is 12.7. The molecule has 0 spiro atoms. The van der Waals surface area contributed by atoms with Gasteiger partial charge in [0, 0.05) is 23.7 Å². The smallest absolute Gasteiger partial charge is 0.243 e. The lowest BCUT2D eigenvalue weighted by atomic mass is 10.3. The van der Waals surface area contributed by atoms with Crippen LogP contribution in [0.2, 0.25) is 0 Å². The van der Waals surface area contributed by atoms with Crippen LogP contribution in [-0.4, -0.2) is 57.7 Å². The molecule has 1 fully saturated rings. The maximum atomic E-state index is 12.7. The number of hydrogen-bond acceptors (Lipinski definition) is 8. The van der Waals surface area contributed by atoms with Crippen molar-refractivity contribution in [1.29, 1.82) is 0 Å². The van der Waals surface area contributed by atoms with Gasteiger partial charge in [0.2, 0.25) is 21.1 Å². The van der Waals surface area contributed by atoms with Gasteiger partial charge < -0.3 is 5.32 Å². The van der Waals surface area contributed by atoms with Crippen LogP contribution in [-0.2, 0) is 21.4 Å². The Kier molecular flexibility index (Phi) is 6.46. The number of benzene rings is 1. The molecule has 0 atom stereocenters. The molecule has 1 aromatic carbocycles. The fraction of sp³-hybridized carbons (Fsp3) is 0.333. The van der Waals surface area contributed by atoms with Gasteiger partial charge in [-0.2, -0.15) is 4.31 Å². The minimum absolute atomic E-state index is 0.105. The summed E-state index contributed by atoms with van der Waals surface area (Å²) in [7, 11) is -3.53. The molecule has 0 bridgehead atoms. The van der Waals surface area contributed by atoms with Gasteiger partial charge in [-0.1, -0.05) is 23.9 Å². The highest BCUT2D eigenvalue weighted by molar-refractivity contribution is 7.99. The Bertz CT molecular complexity index is 1110. The first-order valence-electron chi connectivity index (χ1n) is 9.34. The molecule has 3 heterocycles. The molecule has 1 aliphatic heterocycles. The van der Waals surface area contributed by atoms with Crippen LogP contribution in [0.3, 0.4) is 0 Å². The van der Waals surface area contributed by atoms with Crippen LogP contribution in [0.5, 0.6) is 0 Å². The molecule has 0 unspecified atom stereocenters. The largest absolute Gasteiger partial charge is 0.325 e. The number of hydrogen-bond donors (Lipinski definition) is 1. The number of sulfonamides is 1. The van der Waals surface area contributed by atoms with Crippen LogP contribution >= 0.6 is 23.1 Å². The van der Waals surface area contributed by atoms with E-state index in [0.717, 1.165) is 17.7 Å². The van der Waals surface area contributed by atoms with Crippen LogP contribution in [0.15, 0.2) is 51.8 Å². The second-order valence-electron chi connectivity index (χ2n) is 6.67. The van der Waals surface area contributed by atoms with Crippen molar-refractivity contribution < 1.29 is 13.2 Å². The van der Waals surface area contributed by atoms with E-state index in [1.54, 1.807) is 34.2 Å². The van der Waals surface area contributed by atoms with Gasteiger partial charge in [0.25, 0.3) is 0 Å². The average Bonchev–Trinajstić information content (AvgIpc) is 3.50. The summed E-state index contributed by atoms with van der Waals surface area (Å²) in [5, 5.41) is 16.9. The van der Waals surface area contributed by atoms with Crippen molar-refractivity contribution in [2.75, 3.05) is 24.2 Å². The second kappa shape index (κ2) is 9.25. The van der Waals surface area contributed by atoms with E-state index in [-0.39, 0.29) is 16.6 Å². The van der Waals surface area contributed by atoms with E-state index < -0.39 is 10.0 Å². The summed E-state index contributed by atoms with van der Waals surface area (Å²) >= 11 is 2.84. The summed E-state index contributed by atoms with van der Waals surface area (Å²) < 4.78 is 28.5. The number of tetrazole rings is 1. The molecule has 2 aromatic heterocycles. The van der Waals surface area contributed by atoms with Gasteiger partial charge in [-0.25, -0.2) is 13.1 Å². The number of nitrogens with one attached hydrogen (secondary N) is 1. The van der Waals surface area contributed by atoms with Crippen molar-refractivity contribution in [1.82, 2.24) is 24.5 Å². The zero-order chi connectivity index (χ0) is 21.0. The minimum atomic E-state index is -3.53.